The Hall–Kier alpha value is -0.950. The number of hydrogen-bond acceptors (Lipinski definition) is 5. The van der Waals surface area contributed by atoms with Gasteiger partial charge < -0.3 is 26.4 Å². The predicted molar refractivity (Wildman–Crippen MR) is 106 cm³/mol. The third-order valence-electron chi connectivity index (χ3n) is 5.05. The highest BCUT2D eigenvalue weighted by atomic mass is 31.2. The molecule has 1 rings (SSSR count). The molecule has 0 bridgehead atoms. The van der Waals surface area contributed by atoms with Crippen LogP contribution in [0.25, 0.3) is 0 Å². The van der Waals surface area contributed by atoms with Crippen LogP contribution in [0.4, 0.5) is 0 Å². The summed E-state index contributed by atoms with van der Waals surface area (Å²) < 4.78 is 12.4. The summed E-state index contributed by atoms with van der Waals surface area (Å²) in [4.78, 5) is 34.1. The molecule has 1 fully saturated rings. The average molecular weight is 405 g/mol. The lowest BCUT2D eigenvalue weighted by Crippen LogP contribution is -2.52. The molecule has 27 heavy (non-hydrogen) atoms. The minimum atomic E-state index is -3.44. The number of aliphatic hydroxyl groups is 1. The lowest BCUT2D eigenvalue weighted by molar-refractivity contribution is -0.129. The molecule has 9 heteroatoms. The highest BCUT2D eigenvalue weighted by Crippen LogP contribution is 2.45. The number of nitrogens with two attached hydrogens (primary N) is 1. The summed E-state index contributed by atoms with van der Waals surface area (Å²) in [6.45, 7) is 5.01. The van der Waals surface area contributed by atoms with Crippen molar-refractivity contribution >= 4 is 19.2 Å². The first-order chi connectivity index (χ1) is 12.5. The fourth-order valence-corrected chi connectivity index (χ4v) is 5.40. The fourth-order valence-electron chi connectivity index (χ4n) is 3.29. The normalized spacial score (nSPS) is 21.1. The molecule has 158 valence electrons. The number of hydrogen-bond donors (Lipinski definition) is 5. The Morgan fingerprint density at radius 2 is 1.74 bits per heavy atom. The van der Waals surface area contributed by atoms with Crippen LogP contribution in [0, 0.1) is 11.8 Å². The first kappa shape index (κ1) is 24.1. The first-order valence-corrected chi connectivity index (χ1v) is 11.9. The predicted octanol–water partition coefficient (Wildman–Crippen LogP) is 0.802. The van der Waals surface area contributed by atoms with Gasteiger partial charge in [0.25, 0.3) is 0 Å². The average Bonchev–Trinajstić information content (AvgIpc) is 2.58. The summed E-state index contributed by atoms with van der Waals surface area (Å²) in [6, 6.07) is -1.51. The van der Waals surface area contributed by atoms with E-state index in [9.17, 15) is 24.2 Å². The number of carbonyl (C=O) groups is 2. The van der Waals surface area contributed by atoms with Crippen LogP contribution >= 0.6 is 7.37 Å². The smallest absolute Gasteiger partial charge is 0.242 e. The minimum Gasteiger partial charge on any atom is -0.391 e. The van der Waals surface area contributed by atoms with Crippen LogP contribution in [0.3, 0.4) is 0 Å². The largest absolute Gasteiger partial charge is 0.391 e. The van der Waals surface area contributed by atoms with E-state index in [2.05, 4.69) is 10.6 Å². The highest BCUT2D eigenvalue weighted by molar-refractivity contribution is 7.58. The second-order valence-corrected chi connectivity index (χ2v) is 10.5. The number of nitrogens with one attached hydrogen (secondary N) is 2. The minimum absolute atomic E-state index is 0.0510. The van der Waals surface area contributed by atoms with Crippen LogP contribution < -0.4 is 16.4 Å². The van der Waals surface area contributed by atoms with Gasteiger partial charge in [-0.15, -0.1) is 0 Å². The monoisotopic (exact) mass is 405 g/mol. The number of rotatable bonds is 10. The topological polar surface area (TPSA) is 142 Å². The van der Waals surface area contributed by atoms with Gasteiger partial charge in [-0.2, -0.15) is 0 Å². The van der Waals surface area contributed by atoms with Gasteiger partial charge in [-0.3, -0.25) is 14.2 Å². The lowest BCUT2D eigenvalue weighted by atomic mass is 9.91. The van der Waals surface area contributed by atoms with Crippen LogP contribution in [-0.4, -0.2) is 58.9 Å². The van der Waals surface area contributed by atoms with Crippen LogP contribution in [0.1, 0.15) is 52.9 Å². The van der Waals surface area contributed by atoms with Crippen molar-refractivity contribution in [3.05, 3.63) is 0 Å². The Balaban J connectivity index is 2.36. The Morgan fingerprint density at radius 1 is 1.15 bits per heavy atom. The maximum absolute atomic E-state index is 12.4. The van der Waals surface area contributed by atoms with Crippen molar-refractivity contribution < 1.29 is 24.2 Å². The van der Waals surface area contributed by atoms with Gasteiger partial charge in [0, 0.05) is 12.7 Å². The van der Waals surface area contributed by atoms with E-state index in [-0.39, 0.29) is 30.7 Å². The fraction of sp³-hybridized carbons (Fsp3) is 0.889. The quantitative estimate of drug-likeness (QED) is 0.340. The van der Waals surface area contributed by atoms with E-state index in [4.69, 9.17) is 5.73 Å². The Labute approximate surface area is 162 Å². The molecule has 0 saturated heterocycles. The molecule has 1 saturated carbocycles. The molecule has 0 aromatic heterocycles. The van der Waals surface area contributed by atoms with Gasteiger partial charge in [0.1, 0.15) is 6.04 Å². The molecule has 0 aromatic carbocycles. The second kappa shape index (κ2) is 11.1. The van der Waals surface area contributed by atoms with Gasteiger partial charge >= 0.3 is 0 Å². The van der Waals surface area contributed by atoms with Crippen LogP contribution in [0.15, 0.2) is 0 Å². The van der Waals surface area contributed by atoms with Crippen molar-refractivity contribution in [2.24, 2.45) is 17.6 Å². The summed E-state index contributed by atoms with van der Waals surface area (Å²) in [6.07, 6.45) is 4.19. The summed E-state index contributed by atoms with van der Waals surface area (Å²) in [7, 11) is -3.44. The van der Waals surface area contributed by atoms with Gasteiger partial charge in [-0.05, 0) is 31.6 Å². The Morgan fingerprint density at radius 3 is 2.30 bits per heavy atom. The zero-order valence-corrected chi connectivity index (χ0v) is 17.6. The molecular weight excluding hydrogens is 369 g/mol. The van der Waals surface area contributed by atoms with Crippen molar-refractivity contribution in [3.8, 4) is 0 Å². The van der Waals surface area contributed by atoms with E-state index in [0.717, 1.165) is 25.7 Å². The van der Waals surface area contributed by atoms with Crippen molar-refractivity contribution in [1.82, 2.24) is 10.6 Å². The van der Waals surface area contributed by atoms with E-state index >= 15 is 0 Å². The highest BCUT2D eigenvalue weighted by Gasteiger charge is 2.29. The molecule has 4 atom stereocenters. The van der Waals surface area contributed by atoms with E-state index in [1.807, 2.05) is 13.8 Å². The number of aliphatic hydroxyl groups excluding tert-OH is 1. The molecule has 0 radical (unpaired) electrons. The van der Waals surface area contributed by atoms with Gasteiger partial charge in [0.2, 0.25) is 19.2 Å². The van der Waals surface area contributed by atoms with E-state index in [1.54, 1.807) is 0 Å². The van der Waals surface area contributed by atoms with Crippen molar-refractivity contribution in [2.45, 2.75) is 71.1 Å². The van der Waals surface area contributed by atoms with Crippen molar-refractivity contribution in [3.63, 3.8) is 0 Å². The van der Waals surface area contributed by atoms with Crippen LogP contribution in [0.2, 0.25) is 0 Å². The molecule has 2 amide bonds. The van der Waals surface area contributed by atoms with Crippen LogP contribution in [-0.2, 0) is 14.2 Å². The molecule has 0 heterocycles. The van der Waals surface area contributed by atoms with Gasteiger partial charge in [0.15, 0.2) is 0 Å². The molecule has 1 aliphatic carbocycles. The van der Waals surface area contributed by atoms with Gasteiger partial charge in [-0.1, -0.05) is 33.1 Å². The summed E-state index contributed by atoms with van der Waals surface area (Å²) >= 11 is 0. The zero-order chi connectivity index (χ0) is 20.6. The number of carbonyl (C=O) groups excluding carboxylic acids is 2. The third-order valence-corrected chi connectivity index (χ3v) is 7.13. The van der Waals surface area contributed by atoms with E-state index in [0.29, 0.717) is 0 Å². The SMILES string of the molecule is CC(C)[C@@H](N)C(=O)N[C@@H](C)C(=O)NC[C@@H](O)CP(=O)(O)CC1CCCCC1. The summed E-state index contributed by atoms with van der Waals surface area (Å²) in [5.74, 6) is -0.694. The molecule has 1 unspecified atom stereocenters. The molecule has 0 spiro atoms. The van der Waals surface area contributed by atoms with E-state index in [1.165, 1.54) is 13.3 Å². The van der Waals surface area contributed by atoms with E-state index < -0.39 is 37.4 Å². The molecule has 0 aromatic rings. The molecule has 8 nitrogen and oxygen atoms in total. The molecule has 1 aliphatic rings. The van der Waals surface area contributed by atoms with Crippen LogP contribution in [0.5, 0.6) is 0 Å². The number of amides is 2. The third kappa shape index (κ3) is 9.19. The zero-order valence-electron chi connectivity index (χ0n) is 16.7. The Kier molecular flexibility index (Phi) is 9.95. The Bertz CT molecular complexity index is 537. The van der Waals surface area contributed by atoms with Crippen molar-refractivity contribution in [2.75, 3.05) is 18.9 Å². The van der Waals surface area contributed by atoms with Gasteiger partial charge in [-0.25, -0.2) is 0 Å². The summed E-state index contributed by atoms with van der Waals surface area (Å²) in [5.41, 5.74) is 5.73. The second-order valence-electron chi connectivity index (χ2n) is 8.11. The lowest BCUT2D eigenvalue weighted by Gasteiger charge is -2.25. The van der Waals surface area contributed by atoms with Gasteiger partial charge in [0.05, 0.1) is 18.3 Å². The maximum atomic E-state index is 12.4. The summed E-state index contributed by atoms with van der Waals surface area (Å²) in [5, 5.41) is 15.1. The van der Waals surface area contributed by atoms with Crippen molar-refractivity contribution in [1.29, 1.82) is 0 Å². The molecular formula is C18H36N3O5P. The molecule has 6 N–H and O–H groups in total. The maximum Gasteiger partial charge on any atom is 0.242 e. The first-order valence-electron chi connectivity index (χ1n) is 9.84. The standard InChI is InChI=1S/C18H36N3O5P/c1-12(2)16(19)18(24)21-13(3)17(23)20-9-15(22)11-27(25,26)10-14-7-5-4-6-8-14/h12-16,22H,4-11,19H2,1-3H3,(H,20,23)(H,21,24)(H,25,26)/t13-,15+,16+/m0/s1. The molecule has 0 aliphatic heterocycles.